The Morgan fingerprint density at radius 1 is 1.36 bits per heavy atom. The number of fused-ring (bicyclic) bond motifs is 1. The predicted molar refractivity (Wildman–Crippen MR) is 127 cm³/mol. The summed E-state index contributed by atoms with van der Waals surface area (Å²) in [4.78, 5) is 30.7. The first-order valence-electron chi connectivity index (χ1n) is 11.2. The molecule has 1 fully saturated rings. The van der Waals surface area contributed by atoms with Gasteiger partial charge in [0, 0.05) is 41.5 Å². The minimum Gasteiger partial charge on any atom is -0.490 e. The zero-order valence-corrected chi connectivity index (χ0v) is 19.6. The number of rotatable bonds is 13. The van der Waals surface area contributed by atoms with Gasteiger partial charge in [0.15, 0.2) is 0 Å². The number of hydrogen-bond acceptors (Lipinski definition) is 8. The maximum atomic E-state index is 12.1. The lowest BCUT2D eigenvalue weighted by molar-refractivity contribution is -0.768. The van der Waals surface area contributed by atoms with Gasteiger partial charge < -0.3 is 30.3 Å². The molecule has 0 radical (unpaired) electrons. The summed E-state index contributed by atoms with van der Waals surface area (Å²) in [5, 5.41) is 26.9. The van der Waals surface area contributed by atoms with E-state index in [2.05, 4.69) is 15.6 Å². The van der Waals surface area contributed by atoms with E-state index in [1.807, 2.05) is 31.2 Å². The minimum atomic E-state index is -0.740. The molecule has 0 aliphatic heterocycles. The van der Waals surface area contributed by atoms with Crippen molar-refractivity contribution in [2.75, 3.05) is 32.0 Å². The van der Waals surface area contributed by atoms with Gasteiger partial charge in [-0.15, -0.1) is 21.9 Å². The van der Waals surface area contributed by atoms with E-state index in [0.717, 1.165) is 41.6 Å². The molecular formula is C22H32N4O6S. The number of aliphatic hydroxyl groups is 1. The lowest BCUT2D eigenvalue weighted by Crippen LogP contribution is -2.38. The zero-order valence-electron chi connectivity index (χ0n) is 18.7. The molecule has 1 aromatic heterocycles. The molecule has 1 aromatic carbocycles. The van der Waals surface area contributed by atoms with Gasteiger partial charge in [-0.05, 0) is 38.0 Å². The number of benzene rings is 1. The molecule has 3 atom stereocenters. The second-order valence-corrected chi connectivity index (χ2v) is 9.42. The van der Waals surface area contributed by atoms with Crippen LogP contribution in [0.4, 0.5) is 0 Å². The highest BCUT2D eigenvalue weighted by Gasteiger charge is 2.29. The lowest BCUT2D eigenvalue weighted by atomic mass is 9.97. The molecule has 0 saturated heterocycles. The molecule has 33 heavy (non-hydrogen) atoms. The van der Waals surface area contributed by atoms with Crippen molar-refractivity contribution in [1.29, 1.82) is 0 Å². The fourth-order valence-electron chi connectivity index (χ4n) is 3.92. The Bertz CT molecular complexity index is 923. The highest BCUT2D eigenvalue weighted by atomic mass is 32.2. The highest BCUT2D eigenvalue weighted by molar-refractivity contribution is 8.00. The number of hydrogen-bond donors (Lipinski definition) is 4. The third-order valence-corrected chi connectivity index (χ3v) is 6.88. The summed E-state index contributed by atoms with van der Waals surface area (Å²) in [5.41, 5.74) is 2.04. The van der Waals surface area contributed by atoms with Gasteiger partial charge in [0.05, 0.1) is 5.75 Å². The van der Waals surface area contributed by atoms with E-state index < -0.39 is 17.3 Å². The summed E-state index contributed by atoms with van der Waals surface area (Å²) in [5.74, 6) is 0.846. The number of ether oxygens (including phenoxy) is 1. The van der Waals surface area contributed by atoms with Crippen LogP contribution in [0.25, 0.3) is 10.9 Å². The van der Waals surface area contributed by atoms with E-state index in [0.29, 0.717) is 26.1 Å². The topological polar surface area (TPSA) is 139 Å². The van der Waals surface area contributed by atoms with Crippen LogP contribution in [0.1, 0.15) is 31.4 Å². The number of amides is 1. The van der Waals surface area contributed by atoms with Gasteiger partial charge in [-0.1, -0.05) is 18.9 Å². The Kier molecular flexibility index (Phi) is 9.64. The number of aromatic amines is 1. The highest BCUT2D eigenvalue weighted by Crippen LogP contribution is 2.30. The molecule has 1 amide bonds. The van der Waals surface area contributed by atoms with E-state index >= 15 is 0 Å². The minimum absolute atomic E-state index is 0.0378. The van der Waals surface area contributed by atoms with Crippen LogP contribution in [0.15, 0.2) is 24.3 Å². The quantitative estimate of drug-likeness (QED) is 0.194. The summed E-state index contributed by atoms with van der Waals surface area (Å²) < 4.78 is 5.78. The summed E-state index contributed by atoms with van der Waals surface area (Å²) in [6.45, 7) is 3.42. The van der Waals surface area contributed by atoms with Crippen molar-refractivity contribution >= 4 is 28.6 Å². The molecule has 0 spiro atoms. The summed E-state index contributed by atoms with van der Waals surface area (Å²) >= 11 is 1.41. The van der Waals surface area contributed by atoms with E-state index in [4.69, 9.17) is 9.57 Å². The number of nitrogens with one attached hydrogen (secondary N) is 3. The number of aromatic nitrogens is 1. The number of aryl methyl sites for hydroxylation is 1. The standard InChI is InChI=1S/C22H32N4O6S/c1-15-11-17-18(25-15)5-4-7-19(17)31-13-16(27)12-23-9-10-24-22(28)14-33-21-8-3-2-6-20(21)32-26(29)30/h4-5,7,11,16,20-21,23,25,27H,2-3,6,8-10,12-14H2,1H3,(H,24,28). The van der Waals surface area contributed by atoms with Crippen LogP contribution < -0.4 is 15.4 Å². The second-order valence-electron chi connectivity index (χ2n) is 8.19. The molecule has 1 saturated carbocycles. The number of carbonyl (C=O) groups is 1. The fraction of sp³-hybridized carbons (Fsp3) is 0.591. The Morgan fingerprint density at radius 3 is 3.00 bits per heavy atom. The smallest absolute Gasteiger partial charge is 0.294 e. The molecule has 4 N–H and O–H groups in total. The zero-order chi connectivity index (χ0) is 23.6. The average molecular weight is 481 g/mol. The number of nitrogens with zero attached hydrogens (tertiary/aromatic N) is 1. The predicted octanol–water partition coefficient (Wildman–Crippen LogP) is 2.17. The van der Waals surface area contributed by atoms with Crippen LogP contribution in [0.3, 0.4) is 0 Å². The van der Waals surface area contributed by atoms with Gasteiger partial charge in [0.25, 0.3) is 5.09 Å². The van der Waals surface area contributed by atoms with Crippen molar-refractivity contribution in [3.63, 3.8) is 0 Å². The third kappa shape index (κ3) is 8.09. The lowest BCUT2D eigenvalue weighted by Gasteiger charge is -2.28. The number of thioether (sulfide) groups is 1. The van der Waals surface area contributed by atoms with Gasteiger partial charge in [-0.2, -0.15) is 0 Å². The monoisotopic (exact) mass is 480 g/mol. The summed E-state index contributed by atoms with van der Waals surface area (Å²) in [7, 11) is 0. The average Bonchev–Trinajstić information content (AvgIpc) is 3.17. The van der Waals surface area contributed by atoms with Crippen LogP contribution in [0.2, 0.25) is 0 Å². The first-order chi connectivity index (χ1) is 15.9. The first kappa shape index (κ1) is 25.1. The molecule has 3 rings (SSSR count). The Hall–Kier alpha value is -2.50. The van der Waals surface area contributed by atoms with E-state index in [9.17, 15) is 20.0 Å². The van der Waals surface area contributed by atoms with Gasteiger partial charge in [0.1, 0.15) is 24.6 Å². The molecule has 11 heteroatoms. The van der Waals surface area contributed by atoms with E-state index in [1.165, 1.54) is 11.8 Å². The molecule has 0 bridgehead atoms. The van der Waals surface area contributed by atoms with Crippen molar-refractivity contribution in [1.82, 2.24) is 15.6 Å². The molecule has 2 aromatic rings. The number of aliphatic hydroxyl groups excluding tert-OH is 1. The van der Waals surface area contributed by atoms with Crippen molar-refractivity contribution < 1.29 is 24.6 Å². The summed E-state index contributed by atoms with van der Waals surface area (Å²) in [6, 6.07) is 7.78. The molecule has 1 aliphatic carbocycles. The maximum absolute atomic E-state index is 12.1. The third-order valence-electron chi connectivity index (χ3n) is 5.49. The van der Waals surface area contributed by atoms with Gasteiger partial charge in [-0.3, -0.25) is 4.79 Å². The molecule has 10 nitrogen and oxygen atoms in total. The summed E-state index contributed by atoms with van der Waals surface area (Å²) in [6.07, 6.45) is 2.24. The van der Waals surface area contributed by atoms with Gasteiger partial charge >= 0.3 is 0 Å². The maximum Gasteiger partial charge on any atom is 0.294 e. The number of carbonyl (C=O) groups excluding carboxylic acids is 1. The van der Waals surface area contributed by atoms with Crippen molar-refractivity contribution in [3.05, 3.63) is 40.1 Å². The largest absolute Gasteiger partial charge is 0.490 e. The van der Waals surface area contributed by atoms with E-state index in [1.54, 1.807) is 0 Å². The van der Waals surface area contributed by atoms with Gasteiger partial charge in [0.2, 0.25) is 5.91 Å². The van der Waals surface area contributed by atoms with Gasteiger partial charge in [-0.25, -0.2) is 0 Å². The SMILES string of the molecule is Cc1cc2c(OCC(O)CNCCNC(=O)CSC3CCCCC3O[N+](=O)[O-])cccc2[nH]1. The normalized spacial score (nSPS) is 19.2. The van der Waals surface area contributed by atoms with E-state index in [-0.39, 0.29) is 23.5 Å². The molecule has 182 valence electrons. The van der Waals surface area contributed by atoms with Crippen molar-refractivity contribution in [2.45, 2.75) is 50.1 Å². The van der Waals surface area contributed by atoms with Crippen molar-refractivity contribution in [3.8, 4) is 5.75 Å². The Balaban J connectivity index is 1.27. The molecule has 1 aliphatic rings. The first-order valence-corrected chi connectivity index (χ1v) is 12.3. The number of H-pyrrole nitrogens is 1. The Morgan fingerprint density at radius 2 is 2.18 bits per heavy atom. The fourth-order valence-corrected chi connectivity index (χ4v) is 5.12. The van der Waals surface area contributed by atoms with Crippen LogP contribution in [-0.4, -0.2) is 70.5 Å². The molecular weight excluding hydrogens is 448 g/mol. The molecule has 3 unspecified atom stereocenters. The van der Waals surface area contributed by atoms with Crippen LogP contribution in [-0.2, 0) is 9.63 Å². The molecule has 1 heterocycles. The van der Waals surface area contributed by atoms with Crippen LogP contribution >= 0.6 is 11.8 Å². The van der Waals surface area contributed by atoms with Crippen molar-refractivity contribution in [2.24, 2.45) is 0 Å². The second kappa shape index (κ2) is 12.7. The Labute approximate surface area is 196 Å². The van der Waals surface area contributed by atoms with Crippen LogP contribution in [0, 0.1) is 17.0 Å². The van der Waals surface area contributed by atoms with Crippen LogP contribution in [0.5, 0.6) is 5.75 Å².